The number of rotatable bonds is 6. The minimum atomic E-state index is -0.261. The van der Waals surface area contributed by atoms with E-state index >= 15 is 0 Å². The Balaban J connectivity index is 1.65. The zero-order valence-corrected chi connectivity index (χ0v) is 13.3. The zero-order chi connectivity index (χ0) is 16.8. The highest BCUT2D eigenvalue weighted by atomic mass is 16.3. The predicted octanol–water partition coefficient (Wildman–Crippen LogP) is 2.64. The summed E-state index contributed by atoms with van der Waals surface area (Å²) in [5, 5.41) is 2.78. The van der Waals surface area contributed by atoms with E-state index < -0.39 is 0 Å². The second kappa shape index (κ2) is 7.41. The van der Waals surface area contributed by atoms with Gasteiger partial charge in [-0.25, -0.2) is 9.97 Å². The zero-order valence-electron chi connectivity index (χ0n) is 13.3. The summed E-state index contributed by atoms with van der Waals surface area (Å²) in [5.74, 6) is 0.937. The highest BCUT2D eigenvalue weighted by Crippen LogP contribution is 2.10. The fourth-order valence-corrected chi connectivity index (χ4v) is 2.26. The number of hydrogen-bond donors (Lipinski definition) is 1. The van der Waals surface area contributed by atoms with Gasteiger partial charge in [0, 0.05) is 19.8 Å². The first-order chi connectivity index (χ1) is 11.7. The molecule has 1 amide bonds. The Labute approximate surface area is 140 Å². The van der Waals surface area contributed by atoms with Gasteiger partial charge in [-0.3, -0.25) is 4.79 Å². The molecule has 0 aliphatic heterocycles. The summed E-state index contributed by atoms with van der Waals surface area (Å²) in [4.78, 5) is 22.7. The molecule has 3 aromatic rings. The summed E-state index contributed by atoms with van der Waals surface area (Å²) >= 11 is 0. The van der Waals surface area contributed by atoms with E-state index in [4.69, 9.17) is 4.42 Å². The van der Waals surface area contributed by atoms with Crippen LogP contribution in [0, 0.1) is 0 Å². The van der Waals surface area contributed by atoms with Gasteiger partial charge in [0.1, 0.15) is 11.5 Å². The summed E-state index contributed by atoms with van der Waals surface area (Å²) in [6.45, 7) is 0.989. The molecule has 122 valence electrons. The number of hydrogen-bond acceptors (Lipinski definition) is 5. The molecule has 0 spiro atoms. The van der Waals surface area contributed by atoms with Crippen molar-refractivity contribution in [1.29, 1.82) is 0 Å². The third kappa shape index (κ3) is 3.98. The van der Waals surface area contributed by atoms with E-state index in [2.05, 4.69) is 15.3 Å². The topological polar surface area (TPSA) is 71.3 Å². The van der Waals surface area contributed by atoms with Crippen molar-refractivity contribution in [2.75, 3.05) is 11.9 Å². The molecule has 1 aromatic carbocycles. The average molecular weight is 322 g/mol. The standard InChI is InChI=1S/C18H18N4O2/c1-22(13-14-6-3-2-4-7-14)18-19-10-9-16(21-18)17(23)20-12-15-8-5-11-24-15/h2-11H,12-13H2,1H3,(H,20,23). The van der Waals surface area contributed by atoms with Gasteiger partial charge in [-0.1, -0.05) is 30.3 Å². The van der Waals surface area contributed by atoms with Crippen LogP contribution in [0.15, 0.2) is 65.4 Å². The Morgan fingerprint density at radius 2 is 2.00 bits per heavy atom. The van der Waals surface area contributed by atoms with Crippen molar-refractivity contribution in [3.8, 4) is 0 Å². The van der Waals surface area contributed by atoms with Crippen molar-refractivity contribution < 1.29 is 9.21 Å². The lowest BCUT2D eigenvalue weighted by Crippen LogP contribution is -2.25. The Morgan fingerprint density at radius 1 is 1.17 bits per heavy atom. The van der Waals surface area contributed by atoms with Gasteiger partial charge in [0.05, 0.1) is 12.8 Å². The number of amides is 1. The lowest BCUT2D eigenvalue weighted by molar-refractivity contribution is 0.0943. The van der Waals surface area contributed by atoms with Gasteiger partial charge < -0.3 is 14.6 Å². The minimum Gasteiger partial charge on any atom is -0.467 e. The molecule has 1 N–H and O–H groups in total. The van der Waals surface area contributed by atoms with Gasteiger partial charge >= 0.3 is 0 Å². The quantitative estimate of drug-likeness (QED) is 0.755. The maximum Gasteiger partial charge on any atom is 0.270 e. The molecule has 24 heavy (non-hydrogen) atoms. The lowest BCUT2D eigenvalue weighted by Gasteiger charge is -2.17. The van der Waals surface area contributed by atoms with Crippen molar-refractivity contribution in [3.05, 3.63) is 78.0 Å². The van der Waals surface area contributed by atoms with Crippen LogP contribution in [0.1, 0.15) is 21.8 Å². The maximum absolute atomic E-state index is 12.2. The van der Waals surface area contributed by atoms with E-state index in [0.717, 1.165) is 5.56 Å². The Hall–Kier alpha value is -3.15. The summed E-state index contributed by atoms with van der Waals surface area (Å²) in [5.41, 5.74) is 1.47. The third-order valence-corrected chi connectivity index (χ3v) is 3.48. The second-order valence-corrected chi connectivity index (χ2v) is 5.35. The van der Waals surface area contributed by atoms with Crippen LogP contribution in [-0.4, -0.2) is 22.9 Å². The number of nitrogens with zero attached hydrogens (tertiary/aromatic N) is 3. The molecule has 6 nitrogen and oxygen atoms in total. The van der Waals surface area contributed by atoms with Crippen molar-refractivity contribution in [3.63, 3.8) is 0 Å². The first-order valence-electron chi connectivity index (χ1n) is 7.61. The van der Waals surface area contributed by atoms with Crippen LogP contribution in [0.4, 0.5) is 5.95 Å². The van der Waals surface area contributed by atoms with Crippen molar-refractivity contribution in [2.24, 2.45) is 0 Å². The van der Waals surface area contributed by atoms with E-state index in [-0.39, 0.29) is 5.91 Å². The molecule has 0 saturated heterocycles. The van der Waals surface area contributed by atoms with Crippen molar-refractivity contribution in [1.82, 2.24) is 15.3 Å². The Bertz CT molecular complexity index is 788. The lowest BCUT2D eigenvalue weighted by atomic mass is 10.2. The van der Waals surface area contributed by atoms with Crippen LogP contribution in [0.3, 0.4) is 0 Å². The maximum atomic E-state index is 12.2. The Kier molecular flexibility index (Phi) is 4.86. The molecule has 0 fully saturated rings. The van der Waals surface area contributed by atoms with E-state index in [0.29, 0.717) is 30.5 Å². The predicted molar refractivity (Wildman–Crippen MR) is 90.5 cm³/mol. The highest BCUT2D eigenvalue weighted by molar-refractivity contribution is 5.92. The summed E-state index contributed by atoms with van der Waals surface area (Å²) in [7, 11) is 1.90. The molecule has 2 aromatic heterocycles. The van der Waals surface area contributed by atoms with Crippen LogP contribution in [-0.2, 0) is 13.1 Å². The van der Waals surface area contributed by atoms with Gasteiger partial charge in [0.2, 0.25) is 5.95 Å². The van der Waals surface area contributed by atoms with Gasteiger partial charge in [-0.2, -0.15) is 0 Å². The van der Waals surface area contributed by atoms with Crippen LogP contribution >= 0.6 is 0 Å². The molecule has 2 heterocycles. The summed E-state index contributed by atoms with van der Waals surface area (Å²) in [6.07, 6.45) is 3.16. The number of carbonyl (C=O) groups is 1. The number of benzene rings is 1. The molecule has 0 aliphatic rings. The van der Waals surface area contributed by atoms with Crippen molar-refractivity contribution >= 4 is 11.9 Å². The van der Waals surface area contributed by atoms with Crippen molar-refractivity contribution in [2.45, 2.75) is 13.1 Å². The molecule has 0 aliphatic carbocycles. The van der Waals surface area contributed by atoms with Gasteiger partial charge in [0.25, 0.3) is 5.91 Å². The largest absolute Gasteiger partial charge is 0.467 e. The number of aromatic nitrogens is 2. The van der Waals surface area contributed by atoms with Gasteiger partial charge in [-0.15, -0.1) is 0 Å². The van der Waals surface area contributed by atoms with E-state index in [1.54, 1.807) is 30.7 Å². The molecule has 0 radical (unpaired) electrons. The molecule has 6 heteroatoms. The van der Waals surface area contributed by atoms with E-state index in [9.17, 15) is 4.79 Å². The number of furan rings is 1. The average Bonchev–Trinajstić information content (AvgIpc) is 3.14. The highest BCUT2D eigenvalue weighted by Gasteiger charge is 2.11. The first kappa shape index (κ1) is 15.7. The van der Waals surface area contributed by atoms with Crippen LogP contribution in [0.25, 0.3) is 0 Å². The molecule has 0 unspecified atom stereocenters. The Morgan fingerprint density at radius 3 is 2.75 bits per heavy atom. The number of anilines is 1. The molecular formula is C18H18N4O2. The number of carbonyl (C=O) groups excluding carboxylic acids is 1. The van der Waals surface area contributed by atoms with Gasteiger partial charge in [0.15, 0.2) is 0 Å². The molecule has 0 bridgehead atoms. The molecule has 0 saturated carbocycles. The summed E-state index contributed by atoms with van der Waals surface area (Å²) in [6, 6.07) is 15.2. The molecule has 3 rings (SSSR count). The number of nitrogens with one attached hydrogen (secondary N) is 1. The second-order valence-electron chi connectivity index (χ2n) is 5.35. The molecule has 0 atom stereocenters. The fraction of sp³-hybridized carbons (Fsp3) is 0.167. The SMILES string of the molecule is CN(Cc1ccccc1)c1nccc(C(=O)NCc2ccco2)n1. The normalized spacial score (nSPS) is 10.4. The smallest absolute Gasteiger partial charge is 0.270 e. The van der Waals surface area contributed by atoms with E-state index in [1.807, 2.05) is 42.3 Å². The van der Waals surface area contributed by atoms with Crippen LogP contribution < -0.4 is 10.2 Å². The fourth-order valence-electron chi connectivity index (χ4n) is 2.26. The first-order valence-corrected chi connectivity index (χ1v) is 7.61. The third-order valence-electron chi connectivity index (χ3n) is 3.48. The van der Waals surface area contributed by atoms with Crippen LogP contribution in [0.2, 0.25) is 0 Å². The van der Waals surface area contributed by atoms with Crippen LogP contribution in [0.5, 0.6) is 0 Å². The minimum absolute atomic E-state index is 0.261. The summed E-state index contributed by atoms with van der Waals surface area (Å²) < 4.78 is 5.19. The monoisotopic (exact) mass is 322 g/mol. The molecular weight excluding hydrogens is 304 g/mol. The van der Waals surface area contributed by atoms with E-state index in [1.165, 1.54) is 0 Å². The van der Waals surface area contributed by atoms with Gasteiger partial charge in [-0.05, 0) is 23.8 Å².